The third kappa shape index (κ3) is 2.72. The summed E-state index contributed by atoms with van der Waals surface area (Å²) in [5.41, 5.74) is 4.15. The van der Waals surface area contributed by atoms with Gasteiger partial charge in [-0.15, -0.1) is 0 Å². The first-order valence-electron chi connectivity index (χ1n) is 6.50. The zero-order valence-corrected chi connectivity index (χ0v) is 11.2. The fourth-order valence-electron chi connectivity index (χ4n) is 2.68. The van der Waals surface area contributed by atoms with Crippen molar-refractivity contribution in [2.45, 2.75) is 25.4 Å². The van der Waals surface area contributed by atoms with Crippen LogP contribution in [-0.2, 0) is 4.74 Å². The summed E-state index contributed by atoms with van der Waals surface area (Å²) in [7, 11) is 0. The normalized spacial score (nSPS) is 19.7. The first-order chi connectivity index (χ1) is 8.66. The van der Waals surface area contributed by atoms with Crippen molar-refractivity contribution in [3.8, 4) is 0 Å². The van der Waals surface area contributed by atoms with Gasteiger partial charge in [0.1, 0.15) is 0 Å². The van der Waals surface area contributed by atoms with Crippen LogP contribution in [0, 0.1) is 0 Å². The average molecular weight is 249 g/mol. The molecule has 1 atom stereocenters. The van der Waals surface area contributed by atoms with Crippen LogP contribution < -0.4 is 11.3 Å². The lowest BCUT2D eigenvalue weighted by Gasteiger charge is -2.45. The Balaban J connectivity index is 2.19. The van der Waals surface area contributed by atoms with Crippen molar-refractivity contribution in [1.29, 1.82) is 0 Å². The molecule has 1 aromatic rings. The van der Waals surface area contributed by atoms with E-state index in [1.54, 1.807) is 0 Å². The zero-order valence-electron chi connectivity index (χ0n) is 11.2. The highest BCUT2D eigenvalue weighted by atomic mass is 16.5. The molecule has 0 amide bonds. The molecule has 0 aromatic heterocycles. The second-order valence-electron chi connectivity index (χ2n) is 5.26. The number of benzene rings is 1. The monoisotopic (exact) mass is 249 g/mol. The van der Waals surface area contributed by atoms with E-state index in [0.29, 0.717) is 0 Å². The molecule has 18 heavy (non-hydrogen) atoms. The van der Waals surface area contributed by atoms with Gasteiger partial charge >= 0.3 is 0 Å². The van der Waals surface area contributed by atoms with Crippen molar-refractivity contribution in [2.24, 2.45) is 5.84 Å². The van der Waals surface area contributed by atoms with Crippen LogP contribution in [0.2, 0.25) is 0 Å². The van der Waals surface area contributed by atoms with E-state index in [2.05, 4.69) is 48.4 Å². The van der Waals surface area contributed by atoms with Gasteiger partial charge in [-0.1, -0.05) is 30.3 Å². The summed E-state index contributed by atoms with van der Waals surface area (Å²) >= 11 is 0. The number of hydrogen-bond donors (Lipinski definition) is 2. The van der Waals surface area contributed by atoms with Crippen LogP contribution in [0.15, 0.2) is 30.3 Å². The largest absolute Gasteiger partial charge is 0.379 e. The molecule has 0 saturated carbocycles. The van der Waals surface area contributed by atoms with Crippen LogP contribution >= 0.6 is 0 Å². The van der Waals surface area contributed by atoms with E-state index in [-0.39, 0.29) is 11.6 Å². The van der Waals surface area contributed by atoms with Gasteiger partial charge in [0.2, 0.25) is 0 Å². The van der Waals surface area contributed by atoms with Gasteiger partial charge in [0.05, 0.1) is 19.3 Å². The molecule has 1 aliphatic rings. The van der Waals surface area contributed by atoms with Crippen LogP contribution in [0.5, 0.6) is 0 Å². The maximum atomic E-state index is 5.79. The van der Waals surface area contributed by atoms with Crippen molar-refractivity contribution in [3.05, 3.63) is 35.9 Å². The minimum atomic E-state index is -0.0418. The van der Waals surface area contributed by atoms with Crippen molar-refractivity contribution >= 4 is 0 Å². The molecular formula is C14H23N3O. The second-order valence-corrected chi connectivity index (χ2v) is 5.26. The molecule has 1 saturated heterocycles. The molecule has 1 heterocycles. The van der Waals surface area contributed by atoms with Crippen molar-refractivity contribution in [1.82, 2.24) is 10.3 Å². The topological polar surface area (TPSA) is 50.5 Å². The molecule has 1 aliphatic heterocycles. The number of nitrogens with two attached hydrogens (primary N) is 1. The number of morpholine rings is 1. The third-order valence-corrected chi connectivity index (χ3v) is 3.83. The molecule has 0 bridgehead atoms. The highest BCUT2D eigenvalue weighted by molar-refractivity contribution is 5.22. The van der Waals surface area contributed by atoms with Crippen LogP contribution in [0.1, 0.15) is 25.5 Å². The van der Waals surface area contributed by atoms with Crippen molar-refractivity contribution in [3.63, 3.8) is 0 Å². The van der Waals surface area contributed by atoms with E-state index in [1.807, 2.05) is 6.07 Å². The number of nitrogens with one attached hydrogen (secondary N) is 1. The molecule has 4 nitrogen and oxygen atoms in total. The quantitative estimate of drug-likeness (QED) is 0.624. The Bertz CT molecular complexity index is 361. The van der Waals surface area contributed by atoms with Gasteiger partial charge in [-0.2, -0.15) is 0 Å². The lowest BCUT2D eigenvalue weighted by atomic mass is 9.87. The molecule has 0 aliphatic carbocycles. The molecule has 3 N–H and O–H groups in total. The Morgan fingerprint density at radius 3 is 2.39 bits per heavy atom. The molecule has 100 valence electrons. The van der Waals surface area contributed by atoms with Gasteiger partial charge in [-0.3, -0.25) is 16.2 Å². The van der Waals surface area contributed by atoms with Gasteiger partial charge in [0.15, 0.2) is 0 Å². The van der Waals surface area contributed by atoms with Gasteiger partial charge in [-0.05, 0) is 19.4 Å². The summed E-state index contributed by atoms with van der Waals surface area (Å²) in [4.78, 5) is 2.44. The Morgan fingerprint density at radius 2 is 1.83 bits per heavy atom. The second kappa shape index (κ2) is 5.80. The Morgan fingerprint density at radius 1 is 1.22 bits per heavy atom. The number of nitrogens with zero attached hydrogens (tertiary/aromatic N) is 1. The molecule has 1 unspecified atom stereocenters. The van der Waals surface area contributed by atoms with Crippen LogP contribution in [0.3, 0.4) is 0 Å². The summed E-state index contributed by atoms with van der Waals surface area (Å²) in [5.74, 6) is 5.79. The van der Waals surface area contributed by atoms with Crippen LogP contribution in [0.4, 0.5) is 0 Å². The van der Waals surface area contributed by atoms with E-state index in [0.717, 1.165) is 26.3 Å². The molecule has 2 rings (SSSR count). The first-order valence-corrected chi connectivity index (χ1v) is 6.50. The Hall–Kier alpha value is -0.940. The van der Waals surface area contributed by atoms with Gasteiger partial charge in [-0.25, -0.2) is 0 Å². The summed E-state index contributed by atoms with van der Waals surface area (Å²) in [6, 6.07) is 10.5. The Kier molecular flexibility index (Phi) is 4.35. The molecule has 1 fully saturated rings. The zero-order chi connectivity index (χ0) is 13.0. The number of ether oxygens (including phenoxy) is 1. The number of rotatable bonds is 4. The maximum absolute atomic E-state index is 5.79. The summed E-state index contributed by atoms with van der Waals surface area (Å²) in [5, 5.41) is 0. The van der Waals surface area contributed by atoms with E-state index in [4.69, 9.17) is 10.6 Å². The van der Waals surface area contributed by atoms with E-state index in [1.165, 1.54) is 5.56 Å². The molecule has 0 spiro atoms. The summed E-state index contributed by atoms with van der Waals surface area (Å²) in [6.45, 7) is 7.98. The fraction of sp³-hybridized carbons (Fsp3) is 0.571. The maximum Gasteiger partial charge on any atom is 0.0638 e. The van der Waals surface area contributed by atoms with Crippen LogP contribution in [-0.4, -0.2) is 36.7 Å². The fourth-order valence-corrected chi connectivity index (χ4v) is 2.68. The molecule has 0 radical (unpaired) electrons. The van der Waals surface area contributed by atoms with Crippen LogP contribution in [0.25, 0.3) is 0 Å². The standard InChI is InChI=1S/C14H23N3O/c1-14(2,17-8-10-18-11-9-17)13(16-15)12-6-4-3-5-7-12/h3-7,13,16H,8-11,15H2,1-2H3. The average Bonchev–Trinajstić information content (AvgIpc) is 2.41. The third-order valence-electron chi connectivity index (χ3n) is 3.83. The highest BCUT2D eigenvalue weighted by Crippen LogP contribution is 2.30. The van der Waals surface area contributed by atoms with Gasteiger partial charge in [0, 0.05) is 18.6 Å². The molecular weight excluding hydrogens is 226 g/mol. The summed E-state index contributed by atoms with van der Waals surface area (Å²) < 4.78 is 5.42. The lowest BCUT2D eigenvalue weighted by molar-refractivity contribution is -0.0238. The smallest absolute Gasteiger partial charge is 0.0638 e. The SMILES string of the molecule is CC(C)(C(NN)c1ccccc1)N1CCOCC1. The van der Waals surface area contributed by atoms with Gasteiger partial charge in [0.25, 0.3) is 0 Å². The molecule has 1 aromatic carbocycles. The lowest BCUT2D eigenvalue weighted by Crippen LogP contribution is -2.57. The minimum absolute atomic E-state index is 0.0418. The van der Waals surface area contributed by atoms with E-state index in [9.17, 15) is 0 Å². The highest BCUT2D eigenvalue weighted by Gasteiger charge is 2.36. The predicted octanol–water partition coefficient (Wildman–Crippen LogP) is 1.30. The Labute approximate surface area is 109 Å². The molecule has 4 heteroatoms. The van der Waals surface area contributed by atoms with Gasteiger partial charge < -0.3 is 4.74 Å². The van der Waals surface area contributed by atoms with Crippen molar-refractivity contribution in [2.75, 3.05) is 26.3 Å². The number of hydrogen-bond acceptors (Lipinski definition) is 4. The summed E-state index contributed by atoms with van der Waals surface area (Å²) in [6.07, 6.45) is 0. The minimum Gasteiger partial charge on any atom is -0.379 e. The van der Waals surface area contributed by atoms with E-state index < -0.39 is 0 Å². The van der Waals surface area contributed by atoms with E-state index >= 15 is 0 Å². The number of hydrazine groups is 1. The predicted molar refractivity (Wildman–Crippen MR) is 73.0 cm³/mol. The first kappa shape index (κ1) is 13.5. The van der Waals surface area contributed by atoms with Crippen molar-refractivity contribution < 1.29 is 4.74 Å².